The lowest BCUT2D eigenvalue weighted by atomic mass is 10.0. The van der Waals surface area contributed by atoms with Gasteiger partial charge in [0, 0.05) is 12.8 Å². The second kappa shape index (κ2) is 5.49. The van der Waals surface area contributed by atoms with Crippen LogP contribution in [0.5, 0.6) is 5.75 Å². The van der Waals surface area contributed by atoms with E-state index >= 15 is 0 Å². The van der Waals surface area contributed by atoms with Crippen LogP contribution in [0, 0.1) is 0 Å². The molecular weight excluding hydrogens is 314 g/mol. The molecule has 7 heteroatoms. The summed E-state index contributed by atoms with van der Waals surface area (Å²) in [6, 6.07) is 4.91. The summed E-state index contributed by atoms with van der Waals surface area (Å²) in [5.74, 6) is 1.41. The van der Waals surface area contributed by atoms with E-state index in [2.05, 4.69) is 14.7 Å². The summed E-state index contributed by atoms with van der Waals surface area (Å²) in [5, 5.41) is 0. The van der Waals surface area contributed by atoms with Gasteiger partial charge in [0.15, 0.2) is 0 Å². The van der Waals surface area contributed by atoms with Crippen molar-refractivity contribution in [2.24, 2.45) is 0 Å². The first-order valence-corrected chi connectivity index (χ1v) is 8.93. The minimum atomic E-state index is -3.68. The molecule has 1 N–H and O–H groups in total. The molecule has 2 aromatic rings. The van der Waals surface area contributed by atoms with Gasteiger partial charge in [0.25, 0.3) is 10.0 Å². The molecule has 0 saturated heterocycles. The van der Waals surface area contributed by atoms with Crippen LogP contribution >= 0.6 is 0 Å². The van der Waals surface area contributed by atoms with Gasteiger partial charge < -0.3 is 4.74 Å². The highest BCUT2D eigenvalue weighted by Crippen LogP contribution is 2.36. The molecule has 0 radical (unpaired) electrons. The van der Waals surface area contributed by atoms with Crippen molar-refractivity contribution >= 4 is 15.7 Å². The largest absolute Gasteiger partial charge is 0.487 e. The lowest BCUT2D eigenvalue weighted by Crippen LogP contribution is -2.24. The predicted molar refractivity (Wildman–Crippen MR) is 87.1 cm³/mol. The average molecular weight is 333 g/mol. The zero-order chi connectivity index (χ0) is 16.7. The molecular formula is C16H19N3O3S. The third-order valence-electron chi connectivity index (χ3n) is 3.62. The fourth-order valence-corrected chi connectivity index (χ4v) is 3.64. The van der Waals surface area contributed by atoms with Crippen LogP contribution in [-0.4, -0.2) is 24.0 Å². The first-order chi connectivity index (χ1) is 10.8. The van der Waals surface area contributed by atoms with Crippen molar-refractivity contribution in [3.8, 4) is 5.75 Å². The van der Waals surface area contributed by atoms with Crippen LogP contribution in [0.25, 0.3) is 0 Å². The number of rotatable bonds is 4. The van der Waals surface area contributed by atoms with Gasteiger partial charge in [-0.2, -0.15) is 0 Å². The molecule has 0 unspecified atom stereocenters. The summed E-state index contributed by atoms with van der Waals surface area (Å²) in [7, 11) is -3.68. The summed E-state index contributed by atoms with van der Waals surface area (Å²) in [6.45, 7) is 5.89. The maximum Gasteiger partial charge on any atom is 0.262 e. The molecule has 0 spiro atoms. The van der Waals surface area contributed by atoms with E-state index in [0.717, 1.165) is 11.3 Å². The van der Waals surface area contributed by atoms with E-state index < -0.39 is 10.0 Å². The highest BCUT2D eigenvalue weighted by atomic mass is 32.2. The van der Waals surface area contributed by atoms with Crippen molar-refractivity contribution in [2.75, 3.05) is 4.72 Å². The molecule has 3 rings (SSSR count). The van der Waals surface area contributed by atoms with Crippen molar-refractivity contribution in [1.82, 2.24) is 9.97 Å². The van der Waals surface area contributed by atoms with Crippen LogP contribution in [0.15, 0.2) is 35.5 Å². The van der Waals surface area contributed by atoms with Crippen LogP contribution in [0.4, 0.5) is 5.69 Å². The molecule has 0 saturated carbocycles. The molecule has 0 aliphatic carbocycles. The van der Waals surface area contributed by atoms with Crippen LogP contribution in [0.2, 0.25) is 0 Å². The maximum absolute atomic E-state index is 12.5. The summed E-state index contributed by atoms with van der Waals surface area (Å²) in [6.07, 6.45) is 4.33. The Morgan fingerprint density at radius 1 is 1.26 bits per heavy atom. The molecule has 0 atom stereocenters. The summed E-state index contributed by atoms with van der Waals surface area (Å²) >= 11 is 0. The number of sulfonamides is 1. The highest BCUT2D eigenvalue weighted by Gasteiger charge is 2.31. The molecule has 23 heavy (non-hydrogen) atoms. The average Bonchev–Trinajstić information content (AvgIpc) is 2.80. The molecule has 2 heterocycles. The molecule has 122 valence electrons. The zero-order valence-corrected chi connectivity index (χ0v) is 14.1. The Bertz CT molecular complexity index is 830. The Balaban J connectivity index is 1.86. The number of hydrogen-bond donors (Lipinski definition) is 1. The third kappa shape index (κ3) is 3.29. The minimum absolute atomic E-state index is 0.206. The van der Waals surface area contributed by atoms with Gasteiger partial charge >= 0.3 is 0 Å². The Morgan fingerprint density at radius 2 is 1.96 bits per heavy atom. The van der Waals surface area contributed by atoms with E-state index in [1.54, 1.807) is 18.2 Å². The smallest absolute Gasteiger partial charge is 0.262 e. The highest BCUT2D eigenvalue weighted by molar-refractivity contribution is 7.92. The summed E-state index contributed by atoms with van der Waals surface area (Å²) < 4.78 is 33.3. The first-order valence-electron chi connectivity index (χ1n) is 7.45. The van der Waals surface area contributed by atoms with Crippen molar-refractivity contribution in [2.45, 2.75) is 44.1 Å². The fourth-order valence-electron chi connectivity index (χ4n) is 2.56. The molecule has 1 aliphatic heterocycles. The first kappa shape index (κ1) is 15.7. The number of nitrogens with zero attached hydrogens (tertiary/aromatic N) is 2. The van der Waals surface area contributed by atoms with Gasteiger partial charge in [-0.05, 0) is 37.6 Å². The maximum atomic E-state index is 12.5. The lowest BCUT2D eigenvalue weighted by Gasteiger charge is -2.16. The van der Waals surface area contributed by atoms with Gasteiger partial charge in [-0.15, -0.1) is 0 Å². The van der Waals surface area contributed by atoms with E-state index in [9.17, 15) is 8.42 Å². The van der Waals surface area contributed by atoms with Crippen LogP contribution in [0.1, 0.15) is 32.2 Å². The van der Waals surface area contributed by atoms with Gasteiger partial charge in [-0.1, -0.05) is 6.92 Å². The number of ether oxygens (including phenoxy) is 1. The SMILES string of the molecule is CCc1ncc(NS(=O)(=O)c2ccc3c(c2)CC(C)(C)O3)cn1. The minimum Gasteiger partial charge on any atom is -0.487 e. The van der Waals surface area contributed by atoms with Gasteiger partial charge in [0.05, 0.1) is 23.0 Å². The van der Waals surface area contributed by atoms with E-state index in [0.29, 0.717) is 24.4 Å². The second-order valence-corrected chi connectivity index (χ2v) is 7.84. The monoisotopic (exact) mass is 333 g/mol. The molecule has 0 bridgehead atoms. The Kier molecular flexibility index (Phi) is 3.75. The van der Waals surface area contributed by atoms with Gasteiger partial charge in [-0.3, -0.25) is 4.72 Å². The number of anilines is 1. The van der Waals surface area contributed by atoms with E-state index in [1.807, 2.05) is 20.8 Å². The normalized spacial score (nSPS) is 15.8. The standard InChI is InChI=1S/C16H19N3O3S/c1-4-15-17-9-12(10-18-15)19-23(20,21)13-5-6-14-11(7-13)8-16(2,3)22-14/h5-7,9-10,19H,4,8H2,1-3H3. The van der Waals surface area contributed by atoms with Crippen LogP contribution in [-0.2, 0) is 22.9 Å². The number of aryl methyl sites for hydroxylation is 1. The Hall–Kier alpha value is -2.15. The summed E-state index contributed by atoms with van der Waals surface area (Å²) in [4.78, 5) is 8.39. The number of benzene rings is 1. The van der Waals surface area contributed by atoms with Crippen LogP contribution < -0.4 is 9.46 Å². The fraction of sp³-hybridized carbons (Fsp3) is 0.375. The quantitative estimate of drug-likeness (QED) is 0.930. The van der Waals surface area contributed by atoms with E-state index in [-0.39, 0.29) is 10.5 Å². The Morgan fingerprint density at radius 3 is 2.61 bits per heavy atom. The molecule has 1 aliphatic rings. The molecule has 1 aromatic heterocycles. The van der Waals surface area contributed by atoms with E-state index in [1.165, 1.54) is 12.4 Å². The predicted octanol–water partition coefficient (Wildman–Crippen LogP) is 2.55. The van der Waals surface area contributed by atoms with Gasteiger partial charge in [0.2, 0.25) is 0 Å². The number of hydrogen-bond acceptors (Lipinski definition) is 5. The number of nitrogens with one attached hydrogen (secondary N) is 1. The number of fused-ring (bicyclic) bond motifs is 1. The molecule has 0 amide bonds. The van der Waals surface area contributed by atoms with Crippen molar-refractivity contribution in [3.63, 3.8) is 0 Å². The van der Waals surface area contributed by atoms with Crippen molar-refractivity contribution < 1.29 is 13.2 Å². The molecule has 0 fully saturated rings. The second-order valence-electron chi connectivity index (χ2n) is 6.16. The van der Waals surface area contributed by atoms with Crippen molar-refractivity contribution in [1.29, 1.82) is 0 Å². The zero-order valence-electron chi connectivity index (χ0n) is 13.3. The number of aromatic nitrogens is 2. The topological polar surface area (TPSA) is 81.2 Å². The molecule has 1 aromatic carbocycles. The van der Waals surface area contributed by atoms with E-state index in [4.69, 9.17) is 4.74 Å². The summed E-state index contributed by atoms with van der Waals surface area (Å²) in [5.41, 5.74) is 0.942. The van der Waals surface area contributed by atoms with Gasteiger partial charge in [0.1, 0.15) is 17.2 Å². The van der Waals surface area contributed by atoms with Gasteiger partial charge in [-0.25, -0.2) is 18.4 Å². The third-order valence-corrected chi connectivity index (χ3v) is 5.00. The van der Waals surface area contributed by atoms with Crippen molar-refractivity contribution in [3.05, 3.63) is 42.0 Å². The van der Waals surface area contributed by atoms with Crippen LogP contribution in [0.3, 0.4) is 0 Å². The lowest BCUT2D eigenvalue weighted by molar-refractivity contribution is 0.138. The Labute approximate surface area is 136 Å². The molecule has 6 nitrogen and oxygen atoms in total.